The van der Waals surface area contributed by atoms with E-state index < -0.39 is 43.0 Å². The SMILES string of the molecule is O=S(c1cnn(-c2c(Cl)cc(C(F)(F)F)cc2Cl)c1-n1cccc1)C(F)(F)F. The van der Waals surface area contributed by atoms with Crippen molar-refractivity contribution in [1.82, 2.24) is 14.3 Å². The van der Waals surface area contributed by atoms with Gasteiger partial charge >= 0.3 is 11.7 Å². The van der Waals surface area contributed by atoms with Crippen LogP contribution >= 0.6 is 23.2 Å². The Bertz CT molecular complexity index is 1020. The maximum Gasteiger partial charge on any atom is 0.476 e. The minimum Gasteiger partial charge on any atom is -0.308 e. The quantitative estimate of drug-likeness (QED) is 0.475. The normalized spacial score (nSPS) is 13.7. The van der Waals surface area contributed by atoms with Crippen LogP contribution in [-0.4, -0.2) is 24.1 Å². The maximum atomic E-state index is 13.0. The van der Waals surface area contributed by atoms with Crippen molar-refractivity contribution in [1.29, 1.82) is 0 Å². The molecule has 0 bridgehead atoms. The van der Waals surface area contributed by atoms with E-state index >= 15 is 0 Å². The van der Waals surface area contributed by atoms with E-state index in [1.807, 2.05) is 0 Å². The van der Waals surface area contributed by atoms with Crippen LogP contribution in [0.15, 0.2) is 47.8 Å². The van der Waals surface area contributed by atoms with Gasteiger partial charge in [-0.3, -0.25) is 0 Å². The summed E-state index contributed by atoms with van der Waals surface area (Å²) in [5.41, 5.74) is -6.51. The summed E-state index contributed by atoms with van der Waals surface area (Å²) in [6.45, 7) is 0. The molecule has 0 N–H and O–H groups in total. The molecule has 0 amide bonds. The molecule has 2 aromatic heterocycles. The predicted molar refractivity (Wildman–Crippen MR) is 90.4 cm³/mol. The van der Waals surface area contributed by atoms with Gasteiger partial charge in [-0.25, -0.2) is 8.89 Å². The zero-order valence-electron chi connectivity index (χ0n) is 13.2. The standard InChI is InChI=1S/C15H7Cl2F6N3OS/c16-9-5-8(14(18,19)20)6-10(17)12(9)26-13(25-3-1-2-4-25)11(7-24-26)28(27)15(21,22)23/h1-7H. The summed E-state index contributed by atoms with van der Waals surface area (Å²) in [7, 11) is -3.45. The van der Waals surface area contributed by atoms with Gasteiger partial charge in [0.15, 0.2) is 16.6 Å². The van der Waals surface area contributed by atoms with E-state index in [2.05, 4.69) is 5.10 Å². The molecule has 3 rings (SSSR count). The Morgan fingerprint density at radius 1 is 0.964 bits per heavy atom. The Labute approximate surface area is 165 Å². The average Bonchev–Trinajstić information content (AvgIpc) is 3.20. The van der Waals surface area contributed by atoms with Crippen LogP contribution in [0.1, 0.15) is 5.56 Å². The highest BCUT2D eigenvalue weighted by atomic mass is 35.5. The lowest BCUT2D eigenvalue weighted by molar-refractivity contribution is -0.137. The van der Waals surface area contributed by atoms with Crippen LogP contribution in [-0.2, 0) is 17.0 Å². The molecule has 0 saturated carbocycles. The van der Waals surface area contributed by atoms with Crippen LogP contribution in [0.3, 0.4) is 0 Å². The molecule has 0 aliphatic carbocycles. The lowest BCUT2D eigenvalue weighted by Crippen LogP contribution is -2.18. The summed E-state index contributed by atoms with van der Waals surface area (Å²) in [5, 5.41) is 2.74. The third-order valence-electron chi connectivity index (χ3n) is 3.53. The summed E-state index contributed by atoms with van der Waals surface area (Å²) in [4.78, 5) is -0.712. The number of aromatic nitrogens is 3. The van der Waals surface area contributed by atoms with E-state index in [0.29, 0.717) is 18.3 Å². The molecule has 1 atom stereocenters. The van der Waals surface area contributed by atoms with Gasteiger partial charge in [-0.15, -0.1) is 0 Å². The van der Waals surface area contributed by atoms with Gasteiger partial charge in [0.2, 0.25) is 0 Å². The predicted octanol–water partition coefficient (Wildman–Crippen LogP) is 5.62. The second-order valence-electron chi connectivity index (χ2n) is 5.34. The third kappa shape index (κ3) is 3.78. The van der Waals surface area contributed by atoms with Gasteiger partial charge in [-0.1, -0.05) is 23.2 Å². The van der Waals surface area contributed by atoms with E-state index in [0.717, 1.165) is 9.25 Å². The Balaban J connectivity index is 2.27. The molecule has 1 unspecified atom stereocenters. The number of alkyl halides is 6. The fourth-order valence-corrected chi connectivity index (χ4v) is 3.79. The van der Waals surface area contributed by atoms with Crippen LogP contribution in [0, 0.1) is 0 Å². The van der Waals surface area contributed by atoms with Crippen LogP contribution in [0.4, 0.5) is 26.3 Å². The van der Waals surface area contributed by atoms with Crippen molar-refractivity contribution >= 4 is 34.0 Å². The summed E-state index contributed by atoms with van der Waals surface area (Å²) in [5.74, 6) is -0.329. The first-order valence-electron chi connectivity index (χ1n) is 7.18. The minimum atomic E-state index is -5.08. The highest BCUT2D eigenvalue weighted by Gasteiger charge is 2.41. The van der Waals surface area contributed by atoms with E-state index in [1.165, 1.54) is 24.5 Å². The van der Waals surface area contributed by atoms with Crippen LogP contribution in [0.5, 0.6) is 0 Å². The minimum absolute atomic E-state index is 0.287. The van der Waals surface area contributed by atoms with Gasteiger partial charge in [-0.05, 0) is 24.3 Å². The lowest BCUT2D eigenvalue weighted by Gasteiger charge is -2.16. The molecule has 0 spiro atoms. The Hall–Kier alpha value is -1.98. The van der Waals surface area contributed by atoms with E-state index in [4.69, 9.17) is 23.2 Å². The molecule has 13 heteroatoms. The molecule has 28 heavy (non-hydrogen) atoms. The van der Waals surface area contributed by atoms with E-state index in [9.17, 15) is 30.6 Å². The number of hydrogen-bond acceptors (Lipinski definition) is 2. The van der Waals surface area contributed by atoms with Gasteiger partial charge < -0.3 is 4.57 Å². The molecule has 3 aromatic rings. The third-order valence-corrected chi connectivity index (χ3v) is 5.21. The van der Waals surface area contributed by atoms with E-state index in [1.54, 1.807) is 0 Å². The summed E-state index contributed by atoms with van der Waals surface area (Å²) < 4.78 is 91.6. The van der Waals surface area contributed by atoms with Crippen LogP contribution < -0.4 is 0 Å². The van der Waals surface area contributed by atoms with Crippen molar-refractivity contribution in [2.24, 2.45) is 0 Å². The van der Waals surface area contributed by atoms with Crippen molar-refractivity contribution in [2.45, 2.75) is 16.6 Å². The first-order valence-corrected chi connectivity index (χ1v) is 9.08. The molecule has 4 nitrogen and oxygen atoms in total. The smallest absolute Gasteiger partial charge is 0.308 e. The monoisotopic (exact) mass is 461 g/mol. The molecular formula is C15H7Cl2F6N3OS. The number of benzene rings is 1. The number of halogens is 8. The Kier molecular flexibility index (Phi) is 5.28. The molecule has 0 fully saturated rings. The van der Waals surface area contributed by atoms with Crippen molar-refractivity contribution in [3.05, 3.63) is 58.5 Å². The molecule has 1 aromatic carbocycles. The first-order chi connectivity index (χ1) is 12.9. The molecule has 0 saturated heterocycles. The molecule has 0 aliphatic rings. The Morgan fingerprint density at radius 3 is 1.96 bits per heavy atom. The highest BCUT2D eigenvalue weighted by Crippen LogP contribution is 2.39. The number of rotatable bonds is 3. The van der Waals surface area contributed by atoms with Gasteiger partial charge in [-0.2, -0.15) is 31.4 Å². The van der Waals surface area contributed by atoms with Crippen LogP contribution in [0.2, 0.25) is 10.0 Å². The zero-order chi connectivity index (χ0) is 20.9. The zero-order valence-corrected chi connectivity index (χ0v) is 15.6. The second kappa shape index (κ2) is 7.12. The van der Waals surface area contributed by atoms with Crippen molar-refractivity contribution < 1.29 is 30.6 Å². The largest absolute Gasteiger partial charge is 0.476 e. The van der Waals surface area contributed by atoms with Crippen LogP contribution in [0.25, 0.3) is 11.5 Å². The second-order valence-corrected chi connectivity index (χ2v) is 7.59. The van der Waals surface area contributed by atoms with Gasteiger partial charge in [0.25, 0.3) is 0 Å². The van der Waals surface area contributed by atoms with Crippen molar-refractivity contribution in [3.8, 4) is 11.5 Å². The molecule has 0 radical (unpaired) electrons. The fourth-order valence-electron chi connectivity index (χ4n) is 2.39. The number of hydrogen-bond donors (Lipinski definition) is 0. The van der Waals surface area contributed by atoms with Crippen molar-refractivity contribution in [3.63, 3.8) is 0 Å². The highest BCUT2D eigenvalue weighted by molar-refractivity contribution is 7.86. The van der Waals surface area contributed by atoms with E-state index in [-0.39, 0.29) is 11.5 Å². The molecular weight excluding hydrogens is 455 g/mol. The maximum absolute atomic E-state index is 13.0. The topological polar surface area (TPSA) is 39.8 Å². The lowest BCUT2D eigenvalue weighted by atomic mass is 10.2. The summed E-state index contributed by atoms with van der Waals surface area (Å²) >= 11 is 11.9. The summed E-state index contributed by atoms with van der Waals surface area (Å²) in [6.07, 6.45) is -1.35. The fraction of sp³-hybridized carbons (Fsp3) is 0.133. The molecule has 0 aliphatic heterocycles. The first kappa shape index (κ1) is 20.7. The van der Waals surface area contributed by atoms with Gasteiger partial charge in [0, 0.05) is 12.4 Å². The van der Waals surface area contributed by atoms with Gasteiger partial charge in [0.1, 0.15) is 10.6 Å². The molecule has 2 heterocycles. The summed E-state index contributed by atoms with van der Waals surface area (Å²) in [6, 6.07) is 4.11. The number of nitrogens with zero attached hydrogens (tertiary/aromatic N) is 3. The average molecular weight is 462 g/mol. The van der Waals surface area contributed by atoms with Gasteiger partial charge in [0.05, 0.1) is 21.8 Å². The molecule has 150 valence electrons. The van der Waals surface area contributed by atoms with Crippen molar-refractivity contribution in [2.75, 3.05) is 0 Å². The Morgan fingerprint density at radius 2 is 1.50 bits per heavy atom.